The van der Waals surface area contributed by atoms with Gasteiger partial charge < -0.3 is 4.79 Å². The predicted octanol–water partition coefficient (Wildman–Crippen LogP) is 2.86. The van der Waals surface area contributed by atoms with Crippen LogP contribution < -0.4 is 0 Å². The molecular weight excluding hydrogens is 198 g/mol. The second-order valence-corrected chi connectivity index (χ2v) is 5.86. The van der Waals surface area contributed by atoms with Crippen molar-refractivity contribution in [2.45, 2.75) is 64.5 Å². The maximum atomic E-state index is 11.1. The Kier molecular flexibility index (Phi) is 4.01. The fourth-order valence-electron chi connectivity index (χ4n) is 3.40. The number of hydrogen-bond donors (Lipinski definition) is 0. The molecule has 1 aliphatic carbocycles. The van der Waals surface area contributed by atoms with Crippen molar-refractivity contribution in [2.24, 2.45) is 11.8 Å². The lowest BCUT2D eigenvalue weighted by atomic mass is 9.78. The summed E-state index contributed by atoms with van der Waals surface area (Å²) in [6, 6.07) is 0.904. The van der Waals surface area contributed by atoms with Crippen LogP contribution in [0.1, 0.15) is 52.4 Å². The van der Waals surface area contributed by atoms with E-state index in [-0.39, 0.29) is 6.04 Å². The van der Waals surface area contributed by atoms with Crippen LogP contribution in [0.4, 0.5) is 0 Å². The van der Waals surface area contributed by atoms with Crippen LogP contribution in [0.25, 0.3) is 0 Å². The van der Waals surface area contributed by atoms with Gasteiger partial charge in [-0.1, -0.05) is 20.3 Å². The molecule has 0 amide bonds. The number of likely N-dealkylation sites (tertiary alicyclic amines) is 1. The lowest BCUT2D eigenvalue weighted by Crippen LogP contribution is -2.49. The molecule has 1 heterocycles. The highest BCUT2D eigenvalue weighted by atomic mass is 16.1. The number of hydrogen-bond acceptors (Lipinski definition) is 2. The van der Waals surface area contributed by atoms with E-state index in [1.165, 1.54) is 38.4 Å². The molecule has 2 rings (SSSR count). The van der Waals surface area contributed by atoms with E-state index in [1.54, 1.807) is 0 Å². The van der Waals surface area contributed by atoms with Gasteiger partial charge in [-0.15, -0.1) is 0 Å². The summed E-state index contributed by atoms with van der Waals surface area (Å²) in [5.41, 5.74) is 0. The first-order valence-electron chi connectivity index (χ1n) is 6.93. The Morgan fingerprint density at radius 2 is 1.88 bits per heavy atom. The van der Waals surface area contributed by atoms with Crippen molar-refractivity contribution >= 4 is 6.29 Å². The van der Waals surface area contributed by atoms with Gasteiger partial charge in [-0.25, -0.2) is 0 Å². The molecule has 1 saturated heterocycles. The van der Waals surface area contributed by atoms with Crippen LogP contribution in [0.15, 0.2) is 0 Å². The van der Waals surface area contributed by atoms with Gasteiger partial charge in [-0.05, 0) is 50.5 Å². The molecule has 2 nitrogen and oxygen atoms in total. The molecule has 0 bridgehead atoms. The van der Waals surface area contributed by atoms with E-state index in [0.29, 0.717) is 6.04 Å². The second-order valence-electron chi connectivity index (χ2n) is 5.86. The zero-order valence-electron chi connectivity index (χ0n) is 10.7. The van der Waals surface area contributed by atoms with Gasteiger partial charge in [-0.2, -0.15) is 0 Å². The minimum Gasteiger partial charge on any atom is -0.302 e. The van der Waals surface area contributed by atoms with Crippen LogP contribution >= 0.6 is 0 Å². The quantitative estimate of drug-likeness (QED) is 0.671. The summed E-state index contributed by atoms with van der Waals surface area (Å²) in [5, 5.41) is 0. The second kappa shape index (κ2) is 5.31. The largest absolute Gasteiger partial charge is 0.302 e. The van der Waals surface area contributed by atoms with Gasteiger partial charge in [0.15, 0.2) is 0 Å². The highest BCUT2D eigenvalue weighted by Crippen LogP contribution is 2.34. The molecule has 0 aromatic heterocycles. The molecule has 4 unspecified atom stereocenters. The normalized spacial score (nSPS) is 41.9. The summed E-state index contributed by atoms with van der Waals surface area (Å²) in [4.78, 5) is 13.6. The summed E-state index contributed by atoms with van der Waals surface area (Å²) in [6.45, 7) is 5.89. The van der Waals surface area contributed by atoms with Crippen molar-refractivity contribution in [2.75, 3.05) is 6.54 Å². The average Bonchev–Trinajstić information content (AvgIpc) is 2.32. The van der Waals surface area contributed by atoms with Crippen molar-refractivity contribution in [3.05, 3.63) is 0 Å². The summed E-state index contributed by atoms with van der Waals surface area (Å²) < 4.78 is 0. The molecule has 0 radical (unpaired) electrons. The number of aldehydes is 1. The van der Waals surface area contributed by atoms with Gasteiger partial charge >= 0.3 is 0 Å². The molecule has 0 aromatic carbocycles. The van der Waals surface area contributed by atoms with Crippen LogP contribution in [-0.2, 0) is 4.79 Å². The first kappa shape index (κ1) is 12.1. The van der Waals surface area contributed by atoms with Gasteiger partial charge in [0, 0.05) is 6.04 Å². The molecule has 0 aromatic rings. The van der Waals surface area contributed by atoms with Crippen molar-refractivity contribution in [3.8, 4) is 0 Å². The van der Waals surface area contributed by atoms with Crippen LogP contribution in [0.5, 0.6) is 0 Å². The van der Waals surface area contributed by atoms with Crippen molar-refractivity contribution in [1.29, 1.82) is 0 Å². The Labute approximate surface area is 99.4 Å². The zero-order chi connectivity index (χ0) is 11.5. The summed E-state index contributed by atoms with van der Waals surface area (Å²) >= 11 is 0. The van der Waals surface area contributed by atoms with E-state index >= 15 is 0 Å². The van der Waals surface area contributed by atoms with E-state index in [1.807, 2.05) is 0 Å². The third-order valence-electron chi connectivity index (χ3n) is 4.79. The Balaban J connectivity index is 1.97. The molecule has 1 saturated carbocycles. The molecule has 92 valence electrons. The first-order chi connectivity index (χ1) is 7.72. The lowest BCUT2D eigenvalue weighted by molar-refractivity contribution is -0.115. The van der Waals surface area contributed by atoms with Crippen molar-refractivity contribution in [3.63, 3.8) is 0 Å². The molecule has 16 heavy (non-hydrogen) atoms. The van der Waals surface area contributed by atoms with Gasteiger partial charge in [0.05, 0.1) is 6.04 Å². The van der Waals surface area contributed by atoms with Crippen molar-refractivity contribution < 1.29 is 4.79 Å². The van der Waals surface area contributed by atoms with Crippen LogP contribution in [0.3, 0.4) is 0 Å². The van der Waals surface area contributed by atoms with Crippen molar-refractivity contribution in [1.82, 2.24) is 4.90 Å². The van der Waals surface area contributed by atoms with Gasteiger partial charge in [0.25, 0.3) is 0 Å². The van der Waals surface area contributed by atoms with E-state index in [4.69, 9.17) is 0 Å². The zero-order valence-corrected chi connectivity index (χ0v) is 10.7. The molecule has 2 aliphatic rings. The summed E-state index contributed by atoms with van der Waals surface area (Å²) in [7, 11) is 0. The molecule has 2 heteroatoms. The standard InChI is InChI=1S/C14H25NO/c1-11-6-7-13(9-12(11)2)15-8-4-3-5-14(15)10-16/h10-14H,3-9H2,1-2H3. The fourth-order valence-corrected chi connectivity index (χ4v) is 3.40. The molecule has 0 N–H and O–H groups in total. The molecular formula is C14H25NO. The highest BCUT2D eigenvalue weighted by molar-refractivity contribution is 5.57. The number of rotatable bonds is 2. The lowest BCUT2D eigenvalue weighted by Gasteiger charge is -2.43. The van der Waals surface area contributed by atoms with E-state index in [2.05, 4.69) is 18.7 Å². The minimum absolute atomic E-state index is 0.222. The van der Waals surface area contributed by atoms with Crippen LogP contribution in [0, 0.1) is 11.8 Å². The smallest absolute Gasteiger partial charge is 0.137 e. The SMILES string of the molecule is CC1CCC(N2CCCCC2C=O)CC1C. The Morgan fingerprint density at radius 3 is 2.56 bits per heavy atom. The fraction of sp³-hybridized carbons (Fsp3) is 0.929. The summed E-state index contributed by atoms with van der Waals surface area (Å²) in [6.07, 6.45) is 8.73. The Hall–Kier alpha value is -0.370. The maximum Gasteiger partial charge on any atom is 0.137 e. The first-order valence-corrected chi connectivity index (χ1v) is 6.93. The topological polar surface area (TPSA) is 20.3 Å². The summed E-state index contributed by atoms with van der Waals surface area (Å²) in [5.74, 6) is 1.70. The molecule has 1 aliphatic heterocycles. The van der Waals surface area contributed by atoms with E-state index < -0.39 is 0 Å². The minimum atomic E-state index is 0.222. The monoisotopic (exact) mass is 223 g/mol. The highest BCUT2D eigenvalue weighted by Gasteiger charge is 2.33. The average molecular weight is 223 g/mol. The van der Waals surface area contributed by atoms with E-state index in [9.17, 15) is 4.79 Å². The van der Waals surface area contributed by atoms with Crippen LogP contribution in [0.2, 0.25) is 0 Å². The third-order valence-corrected chi connectivity index (χ3v) is 4.79. The number of carbonyl (C=O) groups excluding carboxylic acids is 1. The maximum absolute atomic E-state index is 11.1. The van der Waals surface area contributed by atoms with E-state index in [0.717, 1.165) is 24.8 Å². The Bertz CT molecular complexity index is 241. The molecule has 4 atom stereocenters. The van der Waals surface area contributed by atoms with Crippen LogP contribution in [-0.4, -0.2) is 29.8 Å². The molecule has 2 fully saturated rings. The molecule has 0 spiro atoms. The van der Waals surface area contributed by atoms with Gasteiger partial charge in [0.2, 0.25) is 0 Å². The predicted molar refractivity (Wildman–Crippen MR) is 66.4 cm³/mol. The third kappa shape index (κ3) is 2.48. The number of carbonyl (C=O) groups is 1. The van der Waals surface area contributed by atoms with Gasteiger partial charge in [-0.3, -0.25) is 4.90 Å². The number of nitrogens with zero attached hydrogens (tertiary/aromatic N) is 1. The van der Waals surface area contributed by atoms with Gasteiger partial charge in [0.1, 0.15) is 6.29 Å². The number of piperidine rings is 1. The Morgan fingerprint density at radius 1 is 1.06 bits per heavy atom.